The number of carbonyl (C=O) groups excluding carboxylic acids is 1. The highest BCUT2D eigenvalue weighted by atomic mass is 32.1. The van der Waals surface area contributed by atoms with E-state index < -0.39 is 6.04 Å². The van der Waals surface area contributed by atoms with Gasteiger partial charge in [-0.1, -0.05) is 30.3 Å². The van der Waals surface area contributed by atoms with Crippen LogP contribution < -0.4 is 5.73 Å². The van der Waals surface area contributed by atoms with Gasteiger partial charge in [0.25, 0.3) is 0 Å². The lowest BCUT2D eigenvalue weighted by Gasteiger charge is -2.25. The Bertz CT molecular complexity index is 744. The Morgan fingerprint density at radius 2 is 2.04 bits per heavy atom. The number of benzene rings is 1. The van der Waals surface area contributed by atoms with Crippen molar-refractivity contribution in [3.63, 3.8) is 0 Å². The van der Waals surface area contributed by atoms with Crippen molar-refractivity contribution >= 4 is 28.6 Å². The highest BCUT2D eigenvalue weighted by Gasteiger charge is 2.23. The van der Waals surface area contributed by atoms with E-state index in [1.54, 1.807) is 16.6 Å². The van der Waals surface area contributed by atoms with Crippen molar-refractivity contribution in [2.24, 2.45) is 5.73 Å². The van der Waals surface area contributed by atoms with Crippen LogP contribution in [0.25, 0.3) is 0 Å². The van der Waals surface area contributed by atoms with E-state index in [1.165, 1.54) is 22.7 Å². The van der Waals surface area contributed by atoms with Gasteiger partial charge < -0.3 is 10.6 Å². The van der Waals surface area contributed by atoms with Gasteiger partial charge in [0.1, 0.15) is 5.01 Å². The molecule has 2 aromatic heterocycles. The number of nitrogens with two attached hydrogens (primary N) is 1. The predicted octanol–water partition coefficient (Wildman–Crippen LogP) is 2.70. The average molecular weight is 358 g/mol. The fraction of sp³-hybridized carbons (Fsp3) is 0.235. The van der Waals surface area contributed by atoms with Gasteiger partial charge in [0, 0.05) is 29.9 Å². The van der Waals surface area contributed by atoms with Crippen molar-refractivity contribution in [3.05, 3.63) is 69.1 Å². The first kappa shape index (κ1) is 16.8. The highest BCUT2D eigenvalue weighted by Crippen LogP contribution is 2.14. The van der Waals surface area contributed by atoms with Crippen LogP contribution in [0.3, 0.4) is 0 Å². The third-order valence-corrected chi connectivity index (χ3v) is 4.97. The van der Waals surface area contributed by atoms with Crippen molar-refractivity contribution in [3.8, 4) is 0 Å². The lowest BCUT2D eigenvalue weighted by molar-refractivity contribution is -0.133. The molecule has 0 aliphatic rings. The second-order valence-electron chi connectivity index (χ2n) is 5.40. The van der Waals surface area contributed by atoms with E-state index in [0.29, 0.717) is 19.5 Å². The molecule has 5 nitrogen and oxygen atoms in total. The van der Waals surface area contributed by atoms with Crippen LogP contribution in [0.4, 0.5) is 0 Å². The van der Waals surface area contributed by atoms with Crippen LogP contribution in [0.15, 0.2) is 52.8 Å². The summed E-state index contributed by atoms with van der Waals surface area (Å²) in [7, 11) is 0. The molecule has 1 amide bonds. The summed E-state index contributed by atoms with van der Waals surface area (Å²) in [6, 6.07) is 9.32. The van der Waals surface area contributed by atoms with E-state index in [0.717, 1.165) is 16.3 Å². The molecule has 3 aromatic rings. The number of amides is 1. The van der Waals surface area contributed by atoms with Gasteiger partial charge in [0.2, 0.25) is 5.91 Å². The van der Waals surface area contributed by atoms with Crippen LogP contribution in [0.2, 0.25) is 0 Å². The first-order chi connectivity index (χ1) is 11.7. The van der Waals surface area contributed by atoms with Crippen molar-refractivity contribution < 1.29 is 4.79 Å². The Morgan fingerprint density at radius 3 is 2.71 bits per heavy atom. The average Bonchev–Trinajstić information content (AvgIpc) is 3.28. The number of hydrogen-bond donors (Lipinski definition) is 1. The second-order valence-corrected chi connectivity index (χ2v) is 7.09. The second kappa shape index (κ2) is 8.14. The molecule has 0 radical (unpaired) electrons. The SMILES string of the molecule is N[C@@H](Cc1cscn1)C(=O)N(Cc1ccccc1)Cc1nccs1. The van der Waals surface area contributed by atoms with Crippen molar-refractivity contribution in [1.29, 1.82) is 0 Å². The number of rotatable bonds is 7. The van der Waals surface area contributed by atoms with Gasteiger partial charge in [-0.15, -0.1) is 22.7 Å². The molecule has 0 fully saturated rings. The smallest absolute Gasteiger partial charge is 0.240 e. The molecule has 0 aliphatic heterocycles. The van der Waals surface area contributed by atoms with Crippen LogP contribution in [-0.2, 0) is 24.3 Å². The van der Waals surface area contributed by atoms with E-state index >= 15 is 0 Å². The van der Waals surface area contributed by atoms with Crippen molar-refractivity contribution in [2.75, 3.05) is 0 Å². The summed E-state index contributed by atoms with van der Waals surface area (Å²) in [4.78, 5) is 23.1. The molecular formula is C17H18N4OS2. The van der Waals surface area contributed by atoms with Gasteiger partial charge in [-0.05, 0) is 5.56 Å². The number of hydrogen-bond acceptors (Lipinski definition) is 6. The fourth-order valence-corrected chi connectivity index (χ4v) is 3.60. The maximum atomic E-state index is 12.9. The zero-order valence-corrected chi connectivity index (χ0v) is 14.7. The molecule has 124 valence electrons. The maximum absolute atomic E-state index is 12.9. The summed E-state index contributed by atoms with van der Waals surface area (Å²) in [6.07, 6.45) is 2.20. The van der Waals surface area contributed by atoms with Crippen LogP contribution in [0, 0.1) is 0 Å². The summed E-state index contributed by atoms with van der Waals surface area (Å²) in [5.41, 5.74) is 9.83. The Morgan fingerprint density at radius 1 is 1.21 bits per heavy atom. The summed E-state index contributed by atoms with van der Waals surface area (Å²) in [5.74, 6) is -0.0814. The third-order valence-electron chi connectivity index (χ3n) is 3.57. The summed E-state index contributed by atoms with van der Waals surface area (Å²) >= 11 is 3.05. The minimum absolute atomic E-state index is 0.0814. The van der Waals surface area contributed by atoms with Gasteiger partial charge in [0.15, 0.2) is 0 Å². The van der Waals surface area contributed by atoms with Gasteiger partial charge in [-0.3, -0.25) is 4.79 Å². The molecule has 2 heterocycles. The first-order valence-electron chi connectivity index (χ1n) is 7.56. The Hall–Kier alpha value is -2.09. The topological polar surface area (TPSA) is 72.1 Å². The quantitative estimate of drug-likeness (QED) is 0.705. The van der Waals surface area contributed by atoms with Crippen LogP contribution in [-0.4, -0.2) is 26.8 Å². The van der Waals surface area contributed by atoms with Crippen LogP contribution >= 0.6 is 22.7 Å². The van der Waals surface area contributed by atoms with E-state index in [-0.39, 0.29) is 5.91 Å². The van der Waals surface area contributed by atoms with Crippen LogP contribution in [0.5, 0.6) is 0 Å². The van der Waals surface area contributed by atoms with Gasteiger partial charge in [-0.25, -0.2) is 9.97 Å². The molecule has 3 rings (SSSR count). The Kier molecular flexibility index (Phi) is 5.68. The van der Waals surface area contributed by atoms with E-state index in [9.17, 15) is 4.79 Å². The molecular weight excluding hydrogens is 340 g/mol. The highest BCUT2D eigenvalue weighted by molar-refractivity contribution is 7.09. The Labute approximate surface area is 148 Å². The lowest BCUT2D eigenvalue weighted by atomic mass is 10.1. The van der Waals surface area contributed by atoms with E-state index in [2.05, 4.69) is 9.97 Å². The molecule has 0 aliphatic carbocycles. The molecule has 2 N–H and O–H groups in total. The molecule has 1 atom stereocenters. The first-order valence-corrected chi connectivity index (χ1v) is 9.38. The molecule has 7 heteroatoms. The summed E-state index contributed by atoms with van der Waals surface area (Å²) in [5, 5.41) is 4.74. The zero-order chi connectivity index (χ0) is 16.8. The normalized spacial score (nSPS) is 12.0. The van der Waals surface area contributed by atoms with Gasteiger partial charge in [0.05, 0.1) is 23.8 Å². The summed E-state index contributed by atoms with van der Waals surface area (Å²) < 4.78 is 0. The number of thiazole rings is 2. The molecule has 24 heavy (non-hydrogen) atoms. The minimum Gasteiger partial charge on any atom is -0.330 e. The number of aromatic nitrogens is 2. The van der Waals surface area contributed by atoms with E-state index in [1.807, 2.05) is 41.1 Å². The van der Waals surface area contributed by atoms with Gasteiger partial charge in [-0.2, -0.15) is 0 Å². The standard InChI is InChI=1S/C17H18N4OS2/c18-15(8-14-11-23-12-20-14)17(22)21(10-16-19-6-7-24-16)9-13-4-2-1-3-5-13/h1-7,11-12,15H,8-10,18H2/t15-/m0/s1. The molecule has 0 saturated carbocycles. The number of nitrogens with zero attached hydrogens (tertiary/aromatic N) is 3. The fourth-order valence-electron chi connectivity index (χ4n) is 2.40. The lowest BCUT2D eigenvalue weighted by Crippen LogP contribution is -2.44. The van der Waals surface area contributed by atoms with Crippen molar-refractivity contribution in [1.82, 2.24) is 14.9 Å². The van der Waals surface area contributed by atoms with Crippen molar-refractivity contribution in [2.45, 2.75) is 25.6 Å². The van der Waals surface area contributed by atoms with E-state index in [4.69, 9.17) is 5.73 Å². The molecule has 1 aromatic carbocycles. The molecule has 0 unspecified atom stereocenters. The largest absolute Gasteiger partial charge is 0.330 e. The summed E-state index contributed by atoms with van der Waals surface area (Å²) in [6.45, 7) is 0.986. The predicted molar refractivity (Wildman–Crippen MR) is 96.6 cm³/mol. The zero-order valence-electron chi connectivity index (χ0n) is 13.0. The van der Waals surface area contributed by atoms with Gasteiger partial charge >= 0.3 is 0 Å². The minimum atomic E-state index is -0.601. The third kappa shape index (κ3) is 4.47. The molecule has 0 spiro atoms. The maximum Gasteiger partial charge on any atom is 0.240 e. The monoisotopic (exact) mass is 358 g/mol. The number of carbonyl (C=O) groups is 1. The molecule has 0 saturated heterocycles. The van der Waals surface area contributed by atoms with Crippen LogP contribution in [0.1, 0.15) is 16.3 Å². The Balaban J connectivity index is 1.73. The molecule has 0 bridgehead atoms.